The summed E-state index contributed by atoms with van der Waals surface area (Å²) < 4.78 is 6.31. The van der Waals surface area contributed by atoms with Crippen LogP contribution in [0.5, 0.6) is 5.75 Å². The Kier molecular flexibility index (Phi) is 6.10. The smallest absolute Gasteiger partial charge is 0.119 e. The van der Waals surface area contributed by atoms with E-state index in [2.05, 4.69) is 57.3 Å². The molecule has 1 aromatic rings. The fourth-order valence-corrected chi connectivity index (χ4v) is 3.13. The molecule has 1 N–H and O–H groups in total. The molecule has 21 heavy (non-hydrogen) atoms. The fourth-order valence-electron chi connectivity index (χ4n) is 3.13. The molecular weight excluding hydrogens is 258 g/mol. The quantitative estimate of drug-likeness (QED) is 0.816. The number of hydrogen-bond acceptors (Lipinski definition) is 2. The Hall–Kier alpha value is -1.02. The Morgan fingerprint density at radius 3 is 2.52 bits per heavy atom. The minimum Gasteiger partial charge on any atom is -0.489 e. The van der Waals surface area contributed by atoms with Crippen LogP contribution in [0.1, 0.15) is 64.9 Å². The summed E-state index contributed by atoms with van der Waals surface area (Å²) in [4.78, 5) is 0. The minimum absolute atomic E-state index is 0.310. The molecule has 0 amide bonds. The highest BCUT2D eigenvalue weighted by atomic mass is 16.5. The molecule has 0 radical (unpaired) electrons. The van der Waals surface area contributed by atoms with Gasteiger partial charge in [0, 0.05) is 6.04 Å². The molecule has 0 aromatic heterocycles. The molecule has 0 spiro atoms. The summed E-state index contributed by atoms with van der Waals surface area (Å²) in [5.74, 6) is 2.36. The van der Waals surface area contributed by atoms with Gasteiger partial charge in [0.05, 0.1) is 0 Å². The van der Waals surface area contributed by atoms with Crippen LogP contribution in [0.15, 0.2) is 24.3 Å². The maximum Gasteiger partial charge on any atom is 0.119 e. The second-order valence-corrected chi connectivity index (χ2v) is 6.86. The highest BCUT2D eigenvalue weighted by Crippen LogP contribution is 2.28. The van der Waals surface area contributed by atoms with Gasteiger partial charge in [-0.05, 0) is 61.8 Å². The third-order valence-electron chi connectivity index (χ3n) is 4.54. The van der Waals surface area contributed by atoms with Gasteiger partial charge in [-0.15, -0.1) is 0 Å². The molecular formula is C19H31NO. The molecule has 0 heterocycles. The third-order valence-corrected chi connectivity index (χ3v) is 4.54. The van der Waals surface area contributed by atoms with E-state index in [9.17, 15) is 0 Å². The summed E-state index contributed by atoms with van der Waals surface area (Å²) in [6, 6.07) is 9.16. The molecule has 2 rings (SSSR count). The molecule has 3 unspecified atom stereocenters. The first-order valence-electron chi connectivity index (χ1n) is 8.60. The molecule has 1 aromatic carbocycles. The fraction of sp³-hybridized carbons (Fsp3) is 0.684. The SMILES string of the molecule is CCCNC1CCC(C)CC1Oc1ccc(C(C)C)cc1. The van der Waals surface area contributed by atoms with E-state index >= 15 is 0 Å². The van der Waals surface area contributed by atoms with Gasteiger partial charge in [-0.25, -0.2) is 0 Å². The lowest BCUT2D eigenvalue weighted by Crippen LogP contribution is -2.47. The zero-order valence-electron chi connectivity index (χ0n) is 14.1. The van der Waals surface area contributed by atoms with Crippen LogP contribution in [-0.4, -0.2) is 18.7 Å². The van der Waals surface area contributed by atoms with E-state index in [0.29, 0.717) is 18.1 Å². The van der Waals surface area contributed by atoms with Crippen molar-refractivity contribution in [3.05, 3.63) is 29.8 Å². The zero-order chi connectivity index (χ0) is 15.2. The first kappa shape index (κ1) is 16.4. The van der Waals surface area contributed by atoms with Gasteiger partial charge in [0.2, 0.25) is 0 Å². The number of benzene rings is 1. The predicted octanol–water partition coefficient (Wildman–Crippen LogP) is 4.75. The summed E-state index contributed by atoms with van der Waals surface area (Å²) in [7, 11) is 0. The Morgan fingerprint density at radius 2 is 1.90 bits per heavy atom. The lowest BCUT2D eigenvalue weighted by Gasteiger charge is -2.35. The topological polar surface area (TPSA) is 21.3 Å². The summed E-state index contributed by atoms with van der Waals surface area (Å²) in [5.41, 5.74) is 1.38. The molecule has 0 bridgehead atoms. The number of nitrogens with one attached hydrogen (secondary N) is 1. The van der Waals surface area contributed by atoms with Gasteiger partial charge in [-0.3, -0.25) is 0 Å². The molecule has 2 nitrogen and oxygen atoms in total. The van der Waals surface area contributed by atoms with E-state index in [-0.39, 0.29) is 0 Å². The monoisotopic (exact) mass is 289 g/mol. The lowest BCUT2D eigenvalue weighted by molar-refractivity contribution is 0.0909. The first-order chi connectivity index (χ1) is 10.1. The normalized spacial score (nSPS) is 26.0. The highest BCUT2D eigenvalue weighted by Gasteiger charge is 2.29. The third kappa shape index (κ3) is 4.74. The van der Waals surface area contributed by atoms with Gasteiger partial charge in [0.25, 0.3) is 0 Å². The van der Waals surface area contributed by atoms with Crippen molar-refractivity contribution >= 4 is 0 Å². The molecule has 1 saturated carbocycles. The maximum absolute atomic E-state index is 6.31. The second kappa shape index (κ2) is 7.84. The minimum atomic E-state index is 0.310. The Morgan fingerprint density at radius 1 is 1.19 bits per heavy atom. The van der Waals surface area contributed by atoms with Crippen LogP contribution in [0, 0.1) is 5.92 Å². The van der Waals surface area contributed by atoms with Crippen molar-refractivity contribution in [3.63, 3.8) is 0 Å². The van der Waals surface area contributed by atoms with Crippen molar-refractivity contribution < 1.29 is 4.74 Å². The number of ether oxygens (including phenoxy) is 1. The zero-order valence-corrected chi connectivity index (χ0v) is 14.1. The van der Waals surface area contributed by atoms with Crippen LogP contribution in [0.4, 0.5) is 0 Å². The molecule has 0 aliphatic heterocycles. The lowest BCUT2D eigenvalue weighted by atomic mass is 9.85. The molecule has 3 atom stereocenters. The Balaban J connectivity index is 1.99. The average molecular weight is 289 g/mol. The van der Waals surface area contributed by atoms with Gasteiger partial charge < -0.3 is 10.1 Å². The van der Waals surface area contributed by atoms with E-state index in [0.717, 1.165) is 24.6 Å². The van der Waals surface area contributed by atoms with Crippen LogP contribution in [0.2, 0.25) is 0 Å². The molecule has 1 aliphatic rings. The molecule has 1 aliphatic carbocycles. The van der Waals surface area contributed by atoms with Crippen LogP contribution < -0.4 is 10.1 Å². The van der Waals surface area contributed by atoms with Crippen LogP contribution >= 0.6 is 0 Å². The van der Waals surface area contributed by atoms with Gasteiger partial charge in [-0.1, -0.05) is 39.8 Å². The van der Waals surface area contributed by atoms with E-state index in [1.165, 1.54) is 24.8 Å². The summed E-state index contributed by atoms with van der Waals surface area (Å²) in [5, 5.41) is 3.67. The van der Waals surface area contributed by atoms with Gasteiger partial charge in [0.15, 0.2) is 0 Å². The molecule has 2 heteroatoms. The second-order valence-electron chi connectivity index (χ2n) is 6.86. The number of hydrogen-bond donors (Lipinski definition) is 1. The van der Waals surface area contributed by atoms with Crippen molar-refractivity contribution in [2.24, 2.45) is 5.92 Å². The van der Waals surface area contributed by atoms with Gasteiger partial charge in [0.1, 0.15) is 11.9 Å². The Bertz CT molecular complexity index is 410. The van der Waals surface area contributed by atoms with Gasteiger partial charge >= 0.3 is 0 Å². The van der Waals surface area contributed by atoms with E-state index < -0.39 is 0 Å². The predicted molar refractivity (Wildman–Crippen MR) is 90.0 cm³/mol. The van der Waals surface area contributed by atoms with Crippen molar-refractivity contribution in [1.29, 1.82) is 0 Å². The van der Waals surface area contributed by atoms with E-state index in [1.807, 2.05) is 0 Å². The summed E-state index contributed by atoms with van der Waals surface area (Å²) >= 11 is 0. The average Bonchev–Trinajstić information content (AvgIpc) is 2.47. The van der Waals surface area contributed by atoms with Crippen molar-refractivity contribution in [3.8, 4) is 5.75 Å². The van der Waals surface area contributed by atoms with Gasteiger partial charge in [-0.2, -0.15) is 0 Å². The Labute approximate surface area is 130 Å². The number of rotatable bonds is 6. The van der Waals surface area contributed by atoms with Crippen LogP contribution in [0.25, 0.3) is 0 Å². The summed E-state index contributed by atoms with van der Waals surface area (Å²) in [6.45, 7) is 10.1. The van der Waals surface area contributed by atoms with E-state index in [1.54, 1.807) is 0 Å². The van der Waals surface area contributed by atoms with E-state index in [4.69, 9.17) is 4.74 Å². The molecule has 0 saturated heterocycles. The largest absolute Gasteiger partial charge is 0.489 e. The standard InChI is InChI=1S/C19H31NO/c1-5-12-20-18-11-6-15(4)13-19(18)21-17-9-7-16(8-10-17)14(2)3/h7-10,14-15,18-20H,5-6,11-13H2,1-4H3. The molecule has 1 fully saturated rings. The maximum atomic E-state index is 6.31. The van der Waals surface area contributed by atoms with Crippen molar-refractivity contribution in [2.75, 3.05) is 6.54 Å². The van der Waals surface area contributed by atoms with Crippen LogP contribution in [0.3, 0.4) is 0 Å². The molecule has 118 valence electrons. The van der Waals surface area contributed by atoms with Crippen molar-refractivity contribution in [2.45, 2.75) is 71.4 Å². The van der Waals surface area contributed by atoms with Crippen molar-refractivity contribution in [1.82, 2.24) is 5.32 Å². The first-order valence-corrected chi connectivity index (χ1v) is 8.60. The van der Waals surface area contributed by atoms with Crippen LogP contribution in [-0.2, 0) is 0 Å². The summed E-state index contributed by atoms with van der Waals surface area (Å²) in [6.07, 6.45) is 5.20. The highest BCUT2D eigenvalue weighted by molar-refractivity contribution is 5.29.